The van der Waals surface area contributed by atoms with Crippen LogP contribution in [-0.2, 0) is 0 Å². The molecule has 0 aliphatic rings. The van der Waals surface area contributed by atoms with Crippen LogP contribution in [0.1, 0.15) is 0 Å². The number of rotatable bonds is 8. The molecular weight excluding hydrogens is 721 g/mol. The van der Waals surface area contributed by atoms with E-state index >= 15 is 0 Å². The molecule has 10 aromatic rings. The van der Waals surface area contributed by atoms with Gasteiger partial charge in [0, 0.05) is 0 Å². The van der Waals surface area contributed by atoms with Gasteiger partial charge in [-0.2, -0.15) is 0 Å². The van der Waals surface area contributed by atoms with Crippen LogP contribution in [-0.4, -0.2) is 23.1 Å². The molecule has 0 nitrogen and oxygen atoms in total. The maximum absolute atomic E-state index is 2.36. The number of benzene rings is 8. The Bertz CT molecular complexity index is 2410. The molecule has 0 heterocycles. The van der Waals surface area contributed by atoms with Crippen LogP contribution in [0.3, 0.4) is 0 Å². The fourth-order valence-corrected chi connectivity index (χ4v) is 8.12. The Morgan fingerprint density at radius 3 is 1.07 bits per heavy atom. The van der Waals surface area contributed by atoms with E-state index in [-0.39, 0.29) is 23.1 Å². The largest absolute Gasteiger partial charge is 2.00 e. The average molecular weight is 763 g/mol. The summed E-state index contributed by atoms with van der Waals surface area (Å²) >= 11 is 0. The normalized spacial score (nSPS) is 10.6. The first kappa shape index (κ1) is 39.1. The molecule has 59 heavy (non-hydrogen) atoms. The second-order valence-electron chi connectivity index (χ2n) is 14.4. The van der Waals surface area contributed by atoms with Gasteiger partial charge in [0.05, 0.1) is 0 Å². The fourth-order valence-electron chi connectivity index (χ4n) is 8.12. The van der Waals surface area contributed by atoms with Crippen molar-refractivity contribution in [1.82, 2.24) is 0 Å². The van der Waals surface area contributed by atoms with E-state index in [1.165, 1.54) is 89.0 Å². The molecular formula is C58H42Mg. The van der Waals surface area contributed by atoms with Crippen LogP contribution < -0.4 is 0 Å². The Morgan fingerprint density at radius 2 is 0.610 bits per heavy atom. The third-order valence-electron chi connectivity index (χ3n) is 10.7. The predicted molar refractivity (Wildman–Crippen MR) is 253 cm³/mol. The van der Waals surface area contributed by atoms with Gasteiger partial charge < -0.3 is 0 Å². The first-order chi connectivity index (χ1) is 28.8. The van der Waals surface area contributed by atoms with Crippen molar-refractivity contribution in [2.75, 3.05) is 0 Å². The molecule has 0 saturated heterocycles. The zero-order valence-electron chi connectivity index (χ0n) is 33.0. The number of hydrogen-bond donors (Lipinski definition) is 0. The smallest absolute Gasteiger partial charge is 0.115 e. The van der Waals surface area contributed by atoms with Gasteiger partial charge >= 0.3 is 23.1 Å². The molecule has 0 unspecified atom stereocenters. The molecule has 0 fully saturated rings. The maximum atomic E-state index is 2.36. The standard InChI is InChI=1S/2C29H21.Mg/c2*1-5-13-22(14-6-1)26-21-27(23-15-7-2-8-16-23)29(25-19-11-4-12-20-25)28(26)24-17-9-3-10-18-24;/h2*1-21H;/q2*-1;+2. The molecule has 0 radical (unpaired) electrons. The van der Waals surface area contributed by atoms with Crippen molar-refractivity contribution in [2.45, 2.75) is 0 Å². The van der Waals surface area contributed by atoms with Gasteiger partial charge in [0.2, 0.25) is 0 Å². The molecule has 0 aliphatic heterocycles. The zero-order chi connectivity index (χ0) is 38.9. The van der Waals surface area contributed by atoms with E-state index in [4.69, 9.17) is 0 Å². The second kappa shape index (κ2) is 18.7. The van der Waals surface area contributed by atoms with Gasteiger partial charge in [-0.25, -0.2) is 0 Å². The van der Waals surface area contributed by atoms with Gasteiger partial charge in [0.1, 0.15) is 0 Å². The third kappa shape index (κ3) is 8.45. The molecule has 0 atom stereocenters. The molecule has 10 rings (SSSR count). The minimum atomic E-state index is 0. The predicted octanol–water partition coefficient (Wildman–Crippen LogP) is 15.8. The summed E-state index contributed by atoms with van der Waals surface area (Å²) in [4.78, 5) is 0. The topological polar surface area (TPSA) is 0 Å². The van der Waals surface area contributed by atoms with E-state index in [0.29, 0.717) is 0 Å². The summed E-state index contributed by atoms with van der Waals surface area (Å²) in [6.07, 6.45) is 0. The van der Waals surface area contributed by atoms with E-state index in [1.807, 2.05) is 0 Å². The molecule has 0 aliphatic carbocycles. The summed E-state index contributed by atoms with van der Waals surface area (Å²) < 4.78 is 0. The number of hydrogen-bond acceptors (Lipinski definition) is 0. The van der Waals surface area contributed by atoms with Crippen LogP contribution in [0.4, 0.5) is 0 Å². The van der Waals surface area contributed by atoms with Gasteiger partial charge in [-0.15, -0.1) is 29.8 Å². The van der Waals surface area contributed by atoms with Crippen LogP contribution >= 0.6 is 0 Å². The monoisotopic (exact) mass is 762 g/mol. The Labute approximate surface area is 364 Å². The van der Waals surface area contributed by atoms with Crippen molar-refractivity contribution >= 4 is 23.1 Å². The van der Waals surface area contributed by atoms with Crippen molar-refractivity contribution in [3.63, 3.8) is 0 Å². The van der Waals surface area contributed by atoms with Gasteiger partial charge in [0.15, 0.2) is 0 Å². The van der Waals surface area contributed by atoms with Crippen LogP contribution in [0.5, 0.6) is 0 Å². The zero-order valence-corrected chi connectivity index (χ0v) is 34.4. The molecule has 276 valence electrons. The minimum absolute atomic E-state index is 0. The quantitative estimate of drug-likeness (QED) is 0.107. The molecule has 0 N–H and O–H groups in total. The maximum Gasteiger partial charge on any atom is 2.00 e. The van der Waals surface area contributed by atoms with Crippen LogP contribution in [0.15, 0.2) is 255 Å². The third-order valence-corrected chi connectivity index (χ3v) is 10.7. The van der Waals surface area contributed by atoms with Crippen LogP contribution in [0.2, 0.25) is 0 Å². The molecule has 0 saturated carbocycles. The van der Waals surface area contributed by atoms with Crippen molar-refractivity contribution in [1.29, 1.82) is 0 Å². The first-order valence-electron chi connectivity index (χ1n) is 19.9. The molecule has 10 aromatic carbocycles. The summed E-state index contributed by atoms with van der Waals surface area (Å²) in [6.45, 7) is 0. The van der Waals surface area contributed by atoms with Gasteiger partial charge in [0.25, 0.3) is 0 Å². The van der Waals surface area contributed by atoms with Gasteiger partial charge in [-0.05, 0) is 5.56 Å². The summed E-state index contributed by atoms with van der Waals surface area (Å²) in [5.74, 6) is 0. The van der Waals surface area contributed by atoms with E-state index in [9.17, 15) is 0 Å². The summed E-state index contributed by atoms with van der Waals surface area (Å²) in [5.41, 5.74) is 20.2. The van der Waals surface area contributed by atoms with Crippen molar-refractivity contribution < 1.29 is 0 Å². The van der Waals surface area contributed by atoms with Crippen molar-refractivity contribution in [3.8, 4) is 89.0 Å². The summed E-state index contributed by atoms with van der Waals surface area (Å²) in [7, 11) is 0. The fraction of sp³-hybridized carbons (Fsp3) is 0. The summed E-state index contributed by atoms with van der Waals surface area (Å²) in [5, 5.41) is 0. The Morgan fingerprint density at radius 1 is 0.271 bits per heavy atom. The van der Waals surface area contributed by atoms with E-state index < -0.39 is 0 Å². The average Bonchev–Trinajstić information content (AvgIpc) is 3.93. The molecule has 0 amide bonds. The Balaban J connectivity index is 0.000000161. The van der Waals surface area contributed by atoms with Crippen molar-refractivity contribution in [3.05, 3.63) is 255 Å². The molecule has 0 bridgehead atoms. The van der Waals surface area contributed by atoms with E-state index in [1.54, 1.807) is 0 Å². The second-order valence-corrected chi connectivity index (χ2v) is 14.4. The Kier molecular flexibility index (Phi) is 12.4. The van der Waals surface area contributed by atoms with Gasteiger partial charge in [-0.3, -0.25) is 0 Å². The van der Waals surface area contributed by atoms with Crippen molar-refractivity contribution in [2.24, 2.45) is 0 Å². The van der Waals surface area contributed by atoms with Gasteiger partial charge in [-0.1, -0.05) is 308 Å². The van der Waals surface area contributed by atoms with E-state index in [2.05, 4.69) is 255 Å². The van der Waals surface area contributed by atoms with E-state index in [0.717, 1.165) is 0 Å². The SMILES string of the molecule is [Mg+2].c1ccc(-c2c[c-](-c3ccccc3)c(-c3ccccc3)c2-c2ccccc2)cc1.c1ccc(-c2cc(-c3ccccc3)[c-](-c3ccccc3)c2-c2ccccc2)cc1. The molecule has 0 spiro atoms. The van der Waals surface area contributed by atoms with Crippen LogP contribution in [0.25, 0.3) is 89.0 Å². The molecule has 0 aromatic heterocycles. The molecule has 1 heteroatoms. The van der Waals surface area contributed by atoms with Crippen LogP contribution in [0, 0.1) is 0 Å². The summed E-state index contributed by atoms with van der Waals surface area (Å²) in [6, 6.07) is 90.5. The minimum Gasteiger partial charge on any atom is -0.115 e. The first-order valence-corrected chi connectivity index (χ1v) is 19.9. The Hall–Kier alpha value is -6.77.